The van der Waals surface area contributed by atoms with Gasteiger partial charge in [0.15, 0.2) is 28.8 Å². The molecule has 2 atom stereocenters. The van der Waals surface area contributed by atoms with Crippen molar-refractivity contribution in [3.63, 3.8) is 0 Å². The standard InChI is InChI=1S/C32H37NO7/c1-18-29(32(35)40-22-8-6-7-9-22)30(20-11-13-26(37-3)28(17-20)39-5)31-23(33-18)14-21(15-24(31)34)19-10-12-25(36-2)27(16-19)38-4/h10-13,16-17,21-22,30,33H,6-9,14-15H2,1-5H3/t21-,30+/m1/s1. The lowest BCUT2D eigenvalue weighted by atomic mass is 9.71. The van der Waals surface area contributed by atoms with Gasteiger partial charge in [-0.15, -0.1) is 0 Å². The molecule has 8 heteroatoms. The minimum absolute atomic E-state index is 0.00742. The molecule has 0 spiro atoms. The van der Waals surface area contributed by atoms with Crippen LogP contribution >= 0.6 is 0 Å². The Balaban J connectivity index is 1.56. The number of Topliss-reactive ketones (excluding diaryl/α,β-unsaturated/α-hetero) is 1. The number of ketones is 1. The molecule has 0 aromatic heterocycles. The topological polar surface area (TPSA) is 92.3 Å². The number of rotatable bonds is 8. The summed E-state index contributed by atoms with van der Waals surface area (Å²) in [4.78, 5) is 27.7. The summed E-state index contributed by atoms with van der Waals surface area (Å²) in [6, 6.07) is 11.3. The van der Waals surface area contributed by atoms with Gasteiger partial charge in [0, 0.05) is 29.3 Å². The molecule has 1 heterocycles. The molecule has 0 radical (unpaired) electrons. The van der Waals surface area contributed by atoms with Crippen molar-refractivity contribution in [3.05, 3.63) is 70.1 Å². The van der Waals surface area contributed by atoms with Crippen LogP contribution in [0.25, 0.3) is 0 Å². The normalized spacial score (nSPS) is 21.1. The summed E-state index contributed by atoms with van der Waals surface area (Å²) < 4.78 is 27.9. The van der Waals surface area contributed by atoms with Gasteiger partial charge in [-0.3, -0.25) is 4.79 Å². The number of allylic oxidation sites excluding steroid dienone is 3. The third-order valence-electron chi connectivity index (χ3n) is 8.24. The molecule has 1 fully saturated rings. The van der Waals surface area contributed by atoms with Crippen molar-refractivity contribution >= 4 is 11.8 Å². The minimum atomic E-state index is -0.580. The van der Waals surface area contributed by atoms with Crippen molar-refractivity contribution in [1.82, 2.24) is 5.32 Å². The first-order valence-electron chi connectivity index (χ1n) is 13.8. The van der Waals surface area contributed by atoms with Gasteiger partial charge in [-0.1, -0.05) is 12.1 Å². The monoisotopic (exact) mass is 547 g/mol. The van der Waals surface area contributed by atoms with E-state index in [1.54, 1.807) is 28.4 Å². The highest BCUT2D eigenvalue weighted by Crippen LogP contribution is 2.48. The molecule has 2 aliphatic carbocycles. The molecule has 40 heavy (non-hydrogen) atoms. The minimum Gasteiger partial charge on any atom is -0.493 e. The molecule has 3 aliphatic rings. The smallest absolute Gasteiger partial charge is 0.337 e. The molecule has 2 aromatic carbocycles. The van der Waals surface area contributed by atoms with E-state index in [1.807, 2.05) is 43.3 Å². The number of carbonyl (C=O) groups is 2. The van der Waals surface area contributed by atoms with Crippen LogP contribution in [0.15, 0.2) is 58.9 Å². The largest absolute Gasteiger partial charge is 0.493 e. The molecular weight excluding hydrogens is 510 g/mol. The van der Waals surface area contributed by atoms with Gasteiger partial charge in [0.2, 0.25) is 0 Å². The van der Waals surface area contributed by atoms with Gasteiger partial charge in [0.05, 0.1) is 34.0 Å². The second-order valence-corrected chi connectivity index (χ2v) is 10.6. The van der Waals surface area contributed by atoms with Crippen molar-refractivity contribution < 1.29 is 33.3 Å². The second-order valence-electron chi connectivity index (χ2n) is 10.6. The lowest BCUT2D eigenvalue weighted by Gasteiger charge is -2.37. The molecule has 5 rings (SSSR count). The van der Waals surface area contributed by atoms with Crippen molar-refractivity contribution in [2.24, 2.45) is 0 Å². The molecule has 0 saturated heterocycles. The third-order valence-corrected chi connectivity index (χ3v) is 8.24. The molecule has 0 unspecified atom stereocenters. The number of hydrogen-bond donors (Lipinski definition) is 1. The molecule has 1 aliphatic heterocycles. The van der Waals surface area contributed by atoms with Crippen LogP contribution in [-0.4, -0.2) is 46.3 Å². The Morgan fingerprint density at radius 3 is 1.98 bits per heavy atom. The molecular formula is C32H37NO7. The quantitative estimate of drug-likeness (QED) is 0.429. The highest BCUT2D eigenvalue weighted by atomic mass is 16.5. The summed E-state index contributed by atoms with van der Waals surface area (Å²) in [5.74, 6) is 1.36. The van der Waals surface area contributed by atoms with Gasteiger partial charge < -0.3 is 29.0 Å². The first-order chi connectivity index (χ1) is 19.4. The zero-order chi connectivity index (χ0) is 28.4. The zero-order valence-corrected chi connectivity index (χ0v) is 23.8. The fourth-order valence-electron chi connectivity index (χ4n) is 6.24. The van der Waals surface area contributed by atoms with Crippen LogP contribution in [0.5, 0.6) is 23.0 Å². The predicted octanol–water partition coefficient (Wildman–Crippen LogP) is 5.57. The van der Waals surface area contributed by atoms with Crippen molar-refractivity contribution in [2.75, 3.05) is 28.4 Å². The summed E-state index contributed by atoms with van der Waals surface area (Å²) in [6.45, 7) is 1.88. The summed E-state index contributed by atoms with van der Waals surface area (Å²) in [5.41, 5.74) is 4.37. The van der Waals surface area contributed by atoms with E-state index >= 15 is 0 Å². The van der Waals surface area contributed by atoms with Gasteiger partial charge in [-0.05, 0) is 80.3 Å². The van der Waals surface area contributed by atoms with E-state index in [9.17, 15) is 9.59 Å². The Morgan fingerprint density at radius 1 is 0.800 bits per heavy atom. The number of hydrogen-bond acceptors (Lipinski definition) is 8. The highest BCUT2D eigenvalue weighted by molar-refractivity contribution is 6.04. The fraction of sp³-hybridized carbons (Fsp3) is 0.438. The molecule has 8 nitrogen and oxygen atoms in total. The lowest BCUT2D eigenvalue weighted by Crippen LogP contribution is -2.36. The SMILES string of the molecule is COc1ccc([C@H]2CC(=O)C3=C(C2)NC(C)=C(C(=O)OC2CCCC2)[C@@H]3c2ccc(OC)c(OC)c2)cc1OC. The van der Waals surface area contributed by atoms with Gasteiger partial charge in [0.25, 0.3) is 0 Å². The van der Waals surface area contributed by atoms with Crippen LogP contribution in [0.4, 0.5) is 0 Å². The highest BCUT2D eigenvalue weighted by Gasteiger charge is 2.42. The molecule has 1 N–H and O–H groups in total. The molecule has 2 aromatic rings. The van der Waals surface area contributed by atoms with Crippen LogP contribution in [-0.2, 0) is 14.3 Å². The van der Waals surface area contributed by atoms with Crippen LogP contribution < -0.4 is 24.3 Å². The zero-order valence-electron chi connectivity index (χ0n) is 23.8. The number of esters is 1. The maximum atomic E-state index is 14.0. The molecule has 212 valence electrons. The first kappa shape index (κ1) is 27.6. The summed E-state index contributed by atoms with van der Waals surface area (Å²) in [7, 11) is 6.36. The third kappa shape index (κ3) is 5.15. The van der Waals surface area contributed by atoms with E-state index in [4.69, 9.17) is 23.7 Å². The Bertz CT molecular complexity index is 1370. The van der Waals surface area contributed by atoms with Gasteiger partial charge >= 0.3 is 5.97 Å². The van der Waals surface area contributed by atoms with Crippen LogP contribution in [0.1, 0.15) is 68.4 Å². The van der Waals surface area contributed by atoms with Crippen molar-refractivity contribution in [1.29, 1.82) is 0 Å². The molecule has 1 saturated carbocycles. The Hall–Kier alpha value is -3.94. The number of dihydropyridines is 1. The van der Waals surface area contributed by atoms with E-state index in [1.165, 1.54) is 0 Å². The average Bonchev–Trinajstić information content (AvgIpc) is 3.48. The van der Waals surface area contributed by atoms with E-state index in [0.29, 0.717) is 52.7 Å². The Labute approximate surface area is 235 Å². The number of carbonyl (C=O) groups excluding carboxylic acids is 2. The average molecular weight is 548 g/mol. The van der Waals surface area contributed by atoms with Crippen LogP contribution in [0.2, 0.25) is 0 Å². The summed E-state index contributed by atoms with van der Waals surface area (Å²) >= 11 is 0. The van der Waals surface area contributed by atoms with E-state index in [0.717, 1.165) is 42.5 Å². The number of benzene rings is 2. The van der Waals surface area contributed by atoms with Gasteiger partial charge in [-0.25, -0.2) is 4.79 Å². The lowest BCUT2D eigenvalue weighted by molar-refractivity contribution is -0.144. The van der Waals surface area contributed by atoms with Gasteiger partial charge in [-0.2, -0.15) is 0 Å². The first-order valence-corrected chi connectivity index (χ1v) is 13.8. The maximum Gasteiger partial charge on any atom is 0.337 e. The summed E-state index contributed by atoms with van der Waals surface area (Å²) in [5, 5.41) is 3.43. The van der Waals surface area contributed by atoms with Crippen LogP contribution in [0.3, 0.4) is 0 Å². The van der Waals surface area contributed by atoms with Crippen molar-refractivity contribution in [3.8, 4) is 23.0 Å². The van der Waals surface area contributed by atoms with Crippen LogP contribution in [0, 0.1) is 0 Å². The molecule has 0 bridgehead atoms. The van der Waals surface area contributed by atoms with E-state index in [-0.39, 0.29) is 23.8 Å². The van der Waals surface area contributed by atoms with Crippen molar-refractivity contribution in [2.45, 2.75) is 63.4 Å². The van der Waals surface area contributed by atoms with Gasteiger partial charge in [0.1, 0.15) is 6.10 Å². The van der Waals surface area contributed by atoms with E-state index < -0.39 is 5.92 Å². The number of ether oxygens (including phenoxy) is 5. The summed E-state index contributed by atoms with van der Waals surface area (Å²) in [6.07, 6.45) is 4.67. The Morgan fingerprint density at radius 2 is 1.38 bits per heavy atom. The fourth-order valence-corrected chi connectivity index (χ4v) is 6.24. The molecule has 0 amide bonds. The maximum absolute atomic E-state index is 14.0. The van der Waals surface area contributed by atoms with E-state index in [2.05, 4.69) is 5.32 Å². The predicted molar refractivity (Wildman–Crippen MR) is 150 cm³/mol. The Kier molecular flexibility index (Phi) is 8.05. The number of nitrogens with one attached hydrogen (secondary N) is 1. The second kappa shape index (κ2) is 11.7. The number of methoxy groups -OCH3 is 4.